The Bertz CT molecular complexity index is 1390. The Balaban J connectivity index is 1.56. The zero-order chi connectivity index (χ0) is 43.8. The van der Waals surface area contributed by atoms with Gasteiger partial charge < -0.3 is 73.4 Å². The highest BCUT2D eigenvalue weighted by Crippen LogP contribution is 2.44. The first-order valence-corrected chi connectivity index (χ1v) is 22.1. The number of carbonyl (C=O) groups is 2. The molecule has 0 bridgehead atoms. The van der Waals surface area contributed by atoms with Crippen LogP contribution in [0.25, 0.3) is 0 Å². The van der Waals surface area contributed by atoms with Gasteiger partial charge in [0, 0.05) is 37.3 Å². The van der Waals surface area contributed by atoms with Gasteiger partial charge in [-0.1, -0.05) is 27.7 Å². The average molecular weight is 866 g/mol. The lowest BCUT2D eigenvalue weighted by Crippen LogP contribution is -2.61. The lowest BCUT2D eigenvalue weighted by Gasteiger charge is -2.49. The van der Waals surface area contributed by atoms with Gasteiger partial charge >= 0.3 is 5.97 Å². The molecule has 5 rings (SSSR count). The number of hydrogen-bond donors (Lipinski definition) is 6. The van der Waals surface area contributed by atoms with Crippen LogP contribution in [0.1, 0.15) is 74.7 Å². The number of epoxide rings is 1. The Hall–Kier alpha value is -1.07. The van der Waals surface area contributed by atoms with E-state index in [9.17, 15) is 40.2 Å². The van der Waals surface area contributed by atoms with E-state index >= 15 is 0 Å². The second-order valence-corrected chi connectivity index (χ2v) is 19.5. The number of aliphatic hydroxyl groups excluding tert-OH is 6. The number of methoxy groups -OCH3 is 1. The fourth-order valence-corrected chi connectivity index (χ4v) is 10.6. The third-order valence-corrected chi connectivity index (χ3v) is 14.9. The summed E-state index contributed by atoms with van der Waals surface area (Å²) in [5, 5.41) is 63.8. The summed E-state index contributed by atoms with van der Waals surface area (Å²) in [5.74, 6) is -4.32. The van der Waals surface area contributed by atoms with E-state index in [0.717, 1.165) is 11.8 Å². The van der Waals surface area contributed by atoms with Gasteiger partial charge in [0.25, 0.3) is 0 Å². The van der Waals surface area contributed by atoms with Crippen LogP contribution in [-0.2, 0) is 47.5 Å². The third-order valence-electron chi connectivity index (χ3n) is 13.5. The predicted octanol–water partition coefficient (Wildman–Crippen LogP) is 0.449. The summed E-state index contributed by atoms with van der Waals surface area (Å²) in [5.41, 5.74) is -2.28. The Morgan fingerprint density at radius 3 is 2.02 bits per heavy atom. The van der Waals surface area contributed by atoms with Crippen molar-refractivity contribution in [2.45, 2.75) is 183 Å². The van der Waals surface area contributed by atoms with Crippen LogP contribution in [-0.4, -0.2) is 190 Å². The highest BCUT2D eigenvalue weighted by atomic mass is 32.2. The molecule has 5 aliphatic heterocycles. The molecule has 5 heterocycles. The number of hydrogen-bond acceptors (Lipinski definition) is 18. The van der Waals surface area contributed by atoms with Crippen molar-refractivity contribution < 1.29 is 78.1 Å². The second kappa shape index (κ2) is 20.2. The summed E-state index contributed by atoms with van der Waals surface area (Å²) in [6.07, 6.45) is -12.7. The first-order chi connectivity index (χ1) is 27.7. The monoisotopic (exact) mass is 865 g/mol. The molecule has 0 aliphatic carbocycles. The van der Waals surface area contributed by atoms with Crippen molar-refractivity contribution in [1.82, 2.24) is 4.90 Å². The first-order valence-electron chi connectivity index (χ1n) is 21.2. The van der Waals surface area contributed by atoms with E-state index in [1.807, 2.05) is 39.8 Å². The van der Waals surface area contributed by atoms with Gasteiger partial charge in [0.05, 0.1) is 67.1 Å². The molecule has 342 valence electrons. The Kier molecular flexibility index (Phi) is 16.7. The number of Topliss-reactive ketones (excluding diaryl/α,β-unsaturated/α-hetero) is 1. The molecule has 59 heavy (non-hydrogen) atoms. The maximum absolute atomic E-state index is 14.2. The Morgan fingerprint density at radius 2 is 1.42 bits per heavy atom. The molecule has 23 atom stereocenters. The quantitative estimate of drug-likeness (QED) is 0.136. The van der Waals surface area contributed by atoms with E-state index in [1.165, 1.54) is 7.11 Å². The minimum Gasteiger partial charge on any atom is -0.462 e. The molecule has 0 aromatic heterocycles. The maximum Gasteiger partial charge on any atom is 0.311 e. The van der Waals surface area contributed by atoms with Crippen LogP contribution in [0.3, 0.4) is 0 Å². The number of nitrogens with zero attached hydrogens (tertiary/aromatic N) is 1. The topological polar surface area (TPSA) is 236 Å². The van der Waals surface area contributed by atoms with Gasteiger partial charge in [-0.25, -0.2) is 0 Å². The fourth-order valence-electron chi connectivity index (χ4n) is 9.36. The first kappa shape index (κ1) is 49.0. The summed E-state index contributed by atoms with van der Waals surface area (Å²) in [7, 11) is 5.26. The molecule has 6 N–H and O–H groups in total. The second-order valence-electron chi connectivity index (χ2n) is 18.1. The summed E-state index contributed by atoms with van der Waals surface area (Å²) in [6.45, 7) is 13.9. The van der Waals surface area contributed by atoms with E-state index in [1.54, 1.807) is 34.6 Å². The molecule has 5 fully saturated rings. The molecule has 0 radical (unpaired) electrons. The van der Waals surface area contributed by atoms with E-state index in [-0.39, 0.29) is 37.4 Å². The molecule has 5 aliphatic rings. The minimum absolute atomic E-state index is 0.153. The van der Waals surface area contributed by atoms with Crippen LogP contribution in [0.5, 0.6) is 0 Å². The Labute approximate surface area is 352 Å². The van der Waals surface area contributed by atoms with Crippen molar-refractivity contribution in [3.05, 3.63) is 0 Å². The highest BCUT2D eigenvalue weighted by molar-refractivity contribution is 8.00. The van der Waals surface area contributed by atoms with E-state index < -0.39 is 138 Å². The molecule has 0 aromatic rings. The summed E-state index contributed by atoms with van der Waals surface area (Å²) >= 11 is 1.01. The van der Waals surface area contributed by atoms with Crippen molar-refractivity contribution >= 4 is 23.5 Å². The van der Waals surface area contributed by atoms with Crippen molar-refractivity contribution in [3.8, 4) is 0 Å². The number of rotatable bonds is 9. The zero-order valence-corrected chi connectivity index (χ0v) is 37.2. The van der Waals surface area contributed by atoms with E-state index in [0.29, 0.717) is 6.42 Å². The molecule has 1 spiro atoms. The molecule has 0 aromatic carbocycles. The summed E-state index contributed by atoms with van der Waals surface area (Å²) in [4.78, 5) is 30.3. The number of esters is 1. The van der Waals surface area contributed by atoms with E-state index in [4.69, 9.17) is 37.9 Å². The molecular formula is C41H71NO16S. The normalized spacial score (nSPS) is 50.7. The molecule has 17 nitrogen and oxygen atoms in total. The Morgan fingerprint density at radius 1 is 0.763 bits per heavy atom. The molecule has 0 unspecified atom stereocenters. The van der Waals surface area contributed by atoms with Gasteiger partial charge in [-0.2, -0.15) is 0 Å². The van der Waals surface area contributed by atoms with Crippen LogP contribution >= 0.6 is 11.8 Å². The molecule has 18 heteroatoms. The number of thioether (sulfide) groups is 1. The van der Waals surface area contributed by atoms with Crippen LogP contribution in [0.15, 0.2) is 0 Å². The van der Waals surface area contributed by atoms with Gasteiger partial charge in [-0.15, -0.1) is 11.8 Å². The standard InChI is InChI=1S/C41H71NO16S/c1-17-14-41(16-52-41)37(49)20(4)29(44)19(3)23(7)55-38(50)22(6)35(56-28-13-26(51-11)30(45)24(8)54-28)21(5)34(17)57-39-36(25(42(9)10)12-18(2)53-39)58-40-33(48)32(47)31(46)27(15-43)59-40/h17-36,39-40,43-48H,12-16H2,1-11H3/t17-,18+,19-,20+,21+,22+,23+,24-,25-,26-,27+,28-,29-,30-,31+,32-,33+,34-,35-,36+,39-,40+,41-/m0/s1. The summed E-state index contributed by atoms with van der Waals surface area (Å²) in [6, 6.07) is -0.335. The average Bonchev–Trinajstić information content (AvgIpc) is 3.98. The fraction of sp³-hybridized carbons (Fsp3) is 0.951. The van der Waals surface area contributed by atoms with E-state index in [2.05, 4.69) is 0 Å². The van der Waals surface area contributed by atoms with Crippen molar-refractivity contribution in [1.29, 1.82) is 0 Å². The number of ketones is 1. The van der Waals surface area contributed by atoms with Gasteiger partial charge in [-0.3, -0.25) is 9.59 Å². The van der Waals surface area contributed by atoms with Crippen LogP contribution < -0.4 is 0 Å². The molecule has 0 amide bonds. The maximum atomic E-state index is 14.2. The number of likely N-dealkylation sites (N-methyl/N-ethyl adjacent to an activating group) is 1. The third kappa shape index (κ3) is 10.7. The number of aliphatic hydroxyl groups is 6. The molecule has 5 saturated heterocycles. The number of ether oxygens (including phenoxy) is 8. The van der Waals surface area contributed by atoms with Crippen LogP contribution in [0, 0.1) is 29.6 Å². The van der Waals surface area contributed by atoms with Gasteiger partial charge in [0.15, 0.2) is 24.0 Å². The van der Waals surface area contributed by atoms with Crippen LogP contribution in [0.4, 0.5) is 0 Å². The predicted molar refractivity (Wildman–Crippen MR) is 213 cm³/mol. The largest absolute Gasteiger partial charge is 0.462 e. The van der Waals surface area contributed by atoms with Gasteiger partial charge in [0.1, 0.15) is 36.0 Å². The summed E-state index contributed by atoms with van der Waals surface area (Å²) < 4.78 is 50.7. The number of carbonyl (C=O) groups excluding carboxylic acids is 2. The van der Waals surface area contributed by atoms with Crippen molar-refractivity contribution in [3.63, 3.8) is 0 Å². The molecular weight excluding hydrogens is 795 g/mol. The SMILES string of the molecule is CO[C@H]1C[C@H](O[C@H]2[C@H](C)[C@@H](O[C@@H]3O[C@H](C)C[C@H](N(C)C)[C@H]3O[C@@H]3S[C@H](CO)[C@@H](O)[C@H](O)[C@H]3O)[C@@H](C)C[C@]3(CO3)C(=O)[C@H](C)[C@@H](O)[C@@H](C)[C@@H](C)OC(=O)[C@@H]2C)O[C@@H](C)[C@@H]1O. The van der Waals surface area contributed by atoms with Crippen LogP contribution in [0.2, 0.25) is 0 Å². The minimum atomic E-state index is -1.58. The lowest BCUT2D eigenvalue weighted by atomic mass is 9.76. The lowest BCUT2D eigenvalue weighted by molar-refractivity contribution is -0.308. The zero-order valence-electron chi connectivity index (χ0n) is 36.4. The van der Waals surface area contributed by atoms with Gasteiger partial charge in [0.2, 0.25) is 0 Å². The smallest absolute Gasteiger partial charge is 0.311 e. The molecule has 0 saturated carbocycles. The van der Waals surface area contributed by atoms with Gasteiger partial charge in [-0.05, 0) is 60.5 Å². The van der Waals surface area contributed by atoms with Crippen molar-refractivity contribution in [2.24, 2.45) is 29.6 Å². The number of cyclic esters (lactones) is 1. The van der Waals surface area contributed by atoms with Crippen molar-refractivity contribution in [2.75, 3.05) is 34.4 Å². The highest BCUT2D eigenvalue weighted by Gasteiger charge is 2.58.